The fourth-order valence-corrected chi connectivity index (χ4v) is 2.63. The minimum absolute atomic E-state index is 0.592. The van der Waals surface area contributed by atoms with Gasteiger partial charge in [0.05, 0.1) is 0 Å². The van der Waals surface area contributed by atoms with Crippen LogP contribution < -0.4 is 4.74 Å². The summed E-state index contributed by atoms with van der Waals surface area (Å²) in [6.45, 7) is 0.592. The predicted octanol–water partition coefficient (Wildman–Crippen LogP) is 5.31. The Kier molecular flexibility index (Phi) is 4.03. The first kappa shape index (κ1) is 13.2. The van der Waals surface area contributed by atoms with E-state index >= 15 is 0 Å². The summed E-state index contributed by atoms with van der Waals surface area (Å²) >= 11 is 3.44. The molecule has 0 amide bonds. The standard InChI is InChI=1S/C18H15BrO/c19-12-14-8-10-17(11-9-14)20-13-16-6-3-5-15-4-1-2-7-18(15)16/h1-11H,12-13H2. The van der Waals surface area contributed by atoms with Gasteiger partial charge in [-0.3, -0.25) is 0 Å². The molecule has 0 aromatic heterocycles. The smallest absolute Gasteiger partial charge is 0.119 e. The van der Waals surface area contributed by atoms with Gasteiger partial charge in [0.25, 0.3) is 0 Å². The van der Waals surface area contributed by atoms with Crippen molar-refractivity contribution in [1.29, 1.82) is 0 Å². The highest BCUT2D eigenvalue weighted by atomic mass is 79.9. The molecule has 0 saturated heterocycles. The highest BCUT2D eigenvalue weighted by molar-refractivity contribution is 9.08. The summed E-state index contributed by atoms with van der Waals surface area (Å²) in [5, 5.41) is 3.38. The predicted molar refractivity (Wildman–Crippen MR) is 87.4 cm³/mol. The SMILES string of the molecule is BrCc1ccc(OCc2cccc3ccccc23)cc1. The largest absolute Gasteiger partial charge is 0.489 e. The maximum atomic E-state index is 5.88. The van der Waals surface area contributed by atoms with Crippen LogP contribution >= 0.6 is 15.9 Å². The molecule has 0 aliphatic carbocycles. The molecule has 1 nitrogen and oxygen atoms in total. The van der Waals surface area contributed by atoms with Gasteiger partial charge in [0.15, 0.2) is 0 Å². The lowest BCUT2D eigenvalue weighted by atomic mass is 10.1. The zero-order valence-corrected chi connectivity index (χ0v) is 12.6. The highest BCUT2D eigenvalue weighted by Gasteiger charge is 2.01. The van der Waals surface area contributed by atoms with Crippen molar-refractivity contribution < 1.29 is 4.74 Å². The Hall–Kier alpha value is -1.80. The molecule has 0 aliphatic heterocycles. The van der Waals surface area contributed by atoms with Gasteiger partial charge >= 0.3 is 0 Å². The Morgan fingerprint density at radius 1 is 0.800 bits per heavy atom. The molecule has 0 N–H and O–H groups in total. The molecule has 0 atom stereocenters. The molecular weight excluding hydrogens is 312 g/mol. The Bertz CT molecular complexity index is 699. The third-order valence-electron chi connectivity index (χ3n) is 3.35. The minimum atomic E-state index is 0.592. The van der Waals surface area contributed by atoms with Crippen molar-refractivity contribution >= 4 is 26.7 Å². The first-order valence-electron chi connectivity index (χ1n) is 6.61. The quantitative estimate of drug-likeness (QED) is 0.590. The van der Waals surface area contributed by atoms with Crippen LogP contribution in [0.4, 0.5) is 0 Å². The Balaban J connectivity index is 1.79. The van der Waals surface area contributed by atoms with Gasteiger partial charge < -0.3 is 4.74 Å². The van der Waals surface area contributed by atoms with E-state index in [1.807, 2.05) is 12.1 Å². The average Bonchev–Trinajstić information content (AvgIpc) is 2.53. The molecule has 0 saturated carbocycles. The van der Waals surface area contributed by atoms with E-state index in [0.717, 1.165) is 11.1 Å². The Morgan fingerprint density at radius 2 is 1.55 bits per heavy atom. The van der Waals surface area contributed by atoms with Crippen molar-refractivity contribution in [3.63, 3.8) is 0 Å². The normalized spacial score (nSPS) is 10.7. The molecule has 2 heteroatoms. The van der Waals surface area contributed by atoms with Gasteiger partial charge in [0.2, 0.25) is 0 Å². The summed E-state index contributed by atoms with van der Waals surface area (Å²) in [6.07, 6.45) is 0. The van der Waals surface area contributed by atoms with Crippen LogP contribution in [-0.2, 0) is 11.9 Å². The molecule has 0 spiro atoms. The van der Waals surface area contributed by atoms with Gasteiger partial charge in [-0.1, -0.05) is 70.5 Å². The lowest BCUT2D eigenvalue weighted by Crippen LogP contribution is -1.96. The van der Waals surface area contributed by atoms with Crippen LogP contribution in [0.25, 0.3) is 10.8 Å². The van der Waals surface area contributed by atoms with Crippen LogP contribution in [0.5, 0.6) is 5.75 Å². The third-order valence-corrected chi connectivity index (χ3v) is 4.00. The van der Waals surface area contributed by atoms with Gasteiger partial charge in [-0.2, -0.15) is 0 Å². The van der Waals surface area contributed by atoms with Crippen molar-refractivity contribution in [2.45, 2.75) is 11.9 Å². The minimum Gasteiger partial charge on any atom is -0.489 e. The van der Waals surface area contributed by atoms with Gasteiger partial charge in [-0.25, -0.2) is 0 Å². The lowest BCUT2D eigenvalue weighted by molar-refractivity contribution is 0.307. The molecule has 0 aliphatic rings. The summed E-state index contributed by atoms with van der Waals surface area (Å²) < 4.78 is 5.88. The molecule has 100 valence electrons. The number of hydrogen-bond donors (Lipinski definition) is 0. The van der Waals surface area contributed by atoms with E-state index in [9.17, 15) is 0 Å². The van der Waals surface area contributed by atoms with Crippen molar-refractivity contribution in [2.75, 3.05) is 0 Å². The van der Waals surface area contributed by atoms with Crippen LogP contribution in [-0.4, -0.2) is 0 Å². The van der Waals surface area contributed by atoms with Crippen molar-refractivity contribution in [3.8, 4) is 5.75 Å². The molecule has 0 unspecified atom stereocenters. The summed E-state index contributed by atoms with van der Waals surface area (Å²) in [6, 6.07) is 22.9. The van der Waals surface area contributed by atoms with E-state index in [-0.39, 0.29) is 0 Å². The van der Waals surface area contributed by atoms with Crippen LogP contribution in [0, 0.1) is 0 Å². The topological polar surface area (TPSA) is 9.23 Å². The Morgan fingerprint density at radius 3 is 2.35 bits per heavy atom. The second-order valence-electron chi connectivity index (χ2n) is 4.70. The maximum Gasteiger partial charge on any atom is 0.119 e. The fourth-order valence-electron chi connectivity index (χ4n) is 2.25. The number of benzene rings is 3. The first-order valence-corrected chi connectivity index (χ1v) is 7.73. The molecule has 20 heavy (non-hydrogen) atoms. The second kappa shape index (κ2) is 6.10. The van der Waals surface area contributed by atoms with E-state index in [2.05, 4.69) is 70.5 Å². The molecule has 3 aromatic rings. The Labute approximate surface area is 127 Å². The number of rotatable bonds is 4. The van der Waals surface area contributed by atoms with Crippen molar-refractivity contribution in [3.05, 3.63) is 77.9 Å². The summed E-state index contributed by atoms with van der Waals surface area (Å²) in [5.41, 5.74) is 2.47. The molecule has 0 fully saturated rings. The van der Waals surface area contributed by atoms with Crippen LogP contribution in [0.2, 0.25) is 0 Å². The molecule has 0 bridgehead atoms. The fraction of sp³-hybridized carbons (Fsp3) is 0.111. The number of ether oxygens (including phenoxy) is 1. The van der Waals surface area contributed by atoms with Gasteiger partial charge in [-0.15, -0.1) is 0 Å². The van der Waals surface area contributed by atoms with Crippen molar-refractivity contribution in [2.24, 2.45) is 0 Å². The van der Waals surface area contributed by atoms with Gasteiger partial charge in [-0.05, 0) is 34.0 Å². The van der Waals surface area contributed by atoms with E-state index in [1.54, 1.807) is 0 Å². The molecule has 3 aromatic carbocycles. The zero-order valence-electron chi connectivity index (χ0n) is 11.1. The molecule has 3 rings (SSSR count). The van der Waals surface area contributed by atoms with E-state index in [1.165, 1.54) is 21.9 Å². The zero-order chi connectivity index (χ0) is 13.8. The molecular formula is C18H15BrO. The van der Waals surface area contributed by atoms with E-state index in [4.69, 9.17) is 4.74 Å². The van der Waals surface area contributed by atoms with Gasteiger partial charge in [0.1, 0.15) is 12.4 Å². The number of fused-ring (bicyclic) bond motifs is 1. The lowest BCUT2D eigenvalue weighted by Gasteiger charge is -2.09. The third kappa shape index (κ3) is 2.86. The monoisotopic (exact) mass is 326 g/mol. The summed E-state index contributed by atoms with van der Waals surface area (Å²) in [5.74, 6) is 0.905. The number of hydrogen-bond acceptors (Lipinski definition) is 1. The average molecular weight is 327 g/mol. The second-order valence-corrected chi connectivity index (χ2v) is 5.27. The molecule has 0 heterocycles. The highest BCUT2D eigenvalue weighted by Crippen LogP contribution is 2.21. The number of halogens is 1. The summed E-state index contributed by atoms with van der Waals surface area (Å²) in [4.78, 5) is 0. The van der Waals surface area contributed by atoms with Crippen molar-refractivity contribution in [1.82, 2.24) is 0 Å². The van der Waals surface area contributed by atoms with Crippen LogP contribution in [0.3, 0.4) is 0 Å². The summed E-state index contributed by atoms with van der Waals surface area (Å²) in [7, 11) is 0. The van der Waals surface area contributed by atoms with Gasteiger partial charge in [0, 0.05) is 5.33 Å². The number of alkyl halides is 1. The van der Waals surface area contributed by atoms with Crippen LogP contribution in [0.15, 0.2) is 66.7 Å². The van der Waals surface area contributed by atoms with E-state index in [0.29, 0.717) is 6.61 Å². The maximum absolute atomic E-state index is 5.88. The first-order chi connectivity index (χ1) is 9.86. The molecule has 0 radical (unpaired) electrons. The van der Waals surface area contributed by atoms with E-state index < -0.39 is 0 Å². The van der Waals surface area contributed by atoms with Crippen LogP contribution in [0.1, 0.15) is 11.1 Å².